The zero-order chi connectivity index (χ0) is 13.2. The average Bonchev–Trinajstić information content (AvgIpc) is 2.46. The van der Waals surface area contributed by atoms with E-state index in [1.807, 2.05) is 18.2 Å². The molecular weight excluding hydrogens is 241 g/mol. The predicted molar refractivity (Wildman–Crippen MR) is 74.3 cm³/mol. The van der Waals surface area contributed by atoms with Crippen LogP contribution < -0.4 is 10.1 Å². The largest absolute Gasteiger partial charge is 0.494 e. The number of para-hydroxylation sites is 1. The molecule has 0 bridgehead atoms. The van der Waals surface area contributed by atoms with Gasteiger partial charge >= 0.3 is 0 Å². The zero-order valence-electron chi connectivity index (χ0n) is 10.8. The highest BCUT2D eigenvalue weighted by Crippen LogP contribution is 2.37. The van der Waals surface area contributed by atoms with Crippen LogP contribution in [-0.4, -0.2) is 13.7 Å². The molecule has 0 aliphatic carbocycles. The molecule has 98 valence electrons. The number of rotatable bonds is 2. The smallest absolute Gasteiger partial charge is 0.165 e. The Morgan fingerprint density at radius 3 is 2.84 bits per heavy atom. The topological polar surface area (TPSA) is 21.3 Å². The molecule has 2 aromatic rings. The molecule has 0 fully saturated rings. The van der Waals surface area contributed by atoms with Crippen LogP contribution in [0.3, 0.4) is 0 Å². The van der Waals surface area contributed by atoms with E-state index in [-0.39, 0.29) is 11.7 Å². The number of hydrogen-bond acceptors (Lipinski definition) is 2. The standard InChI is InChI=1S/C16H16FNO/c1-19-16-7-6-11(10-14(16)17)12-8-9-18-15-5-3-2-4-13(12)15/h2-7,10,12,18H,8-9H2,1H3. The monoisotopic (exact) mass is 257 g/mol. The molecule has 3 heteroatoms. The Morgan fingerprint density at radius 1 is 1.21 bits per heavy atom. The van der Waals surface area contributed by atoms with Crippen molar-refractivity contribution in [3.8, 4) is 5.75 Å². The van der Waals surface area contributed by atoms with Gasteiger partial charge in [-0.2, -0.15) is 0 Å². The van der Waals surface area contributed by atoms with Crippen LogP contribution >= 0.6 is 0 Å². The lowest BCUT2D eigenvalue weighted by Gasteiger charge is -2.27. The lowest BCUT2D eigenvalue weighted by molar-refractivity contribution is 0.386. The Bertz CT molecular complexity index is 597. The number of halogens is 1. The highest BCUT2D eigenvalue weighted by atomic mass is 19.1. The minimum absolute atomic E-state index is 0.248. The van der Waals surface area contributed by atoms with Gasteiger partial charge < -0.3 is 10.1 Å². The van der Waals surface area contributed by atoms with Gasteiger partial charge in [-0.15, -0.1) is 0 Å². The van der Waals surface area contributed by atoms with E-state index in [4.69, 9.17) is 4.74 Å². The van der Waals surface area contributed by atoms with Crippen LogP contribution in [0, 0.1) is 5.82 Å². The van der Waals surface area contributed by atoms with E-state index in [1.54, 1.807) is 12.1 Å². The Kier molecular flexibility index (Phi) is 3.11. The fraction of sp³-hybridized carbons (Fsp3) is 0.250. The molecule has 1 atom stereocenters. The van der Waals surface area contributed by atoms with Gasteiger partial charge in [0.2, 0.25) is 0 Å². The van der Waals surface area contributed by atoms with Gasteiger partial charge in [-0.3, -0.25) is 0 Å². The Hall–Kier alpha value is -2.03. The summed E-state index contributed by atoms with van der Waals surface area (Å²) in [6.07, 6.45) is 0.975. The molecule has 1 unspecified atom stereocenters. The van der Waals surface area contributed by atoms with Crippen molar-refractivity contribution in [3.63, 3.8) is 0 Å². The van der Waals surface area contributed by atoms with Crippen LogP contribution in [0.4, 0.5) is 10.1 Å². The van der Waals surface area contributed by atoms with Gasteiger partial charge in [-0.05, 0) is 35.7 Å². The number of anilines is 1. The Morgan fingerprint density at radius 2 is 2.05 bits per heavy atom. The summed E-state index contributed by atoms with van der Waals surface area (Å²) in [4.78, 5) is 0. The van der Waals surface area contributed by atoms with Crippen molar-refractivity contribution in [1.82, 2.24) is 0 Å². The van der Waals surface area contributed by atoms with Gasteiger partial charge in [0.05, 0.1) is 7.11 Å². The van der Waals surface area contributed by atoms with Gasteiger partial charge in [0.1, 0.15) is 0 Å². The van der Waals surface area contributed by atoms with Gasteiger partial charge in [0.15, 0.2) is 11.6 Å². The van der Waals surface area contributed by atoms with Crippen LogP contribution in [0.2, 0.25) is 0 Å². The molecule has 1 N–H and O–H groups in total. The molecule has 3 rings (SSSR count). The van der Waals surface area contributed by atoms with Crippen LogP contribution in [-0.2, 0) is 0 Å². The lowest BCUT2D eigenvalue weighted by atomic mass is 9.85. The summed E-state index contributed by atoms with van der Waals surface area (Å²) in [5.74, 6) is 0.250. The maximum Gasteiger partial charge on any atom is 0.165 e. The maximum atomic E-state index is 13.8. The van der Waals surface area contributed by atoms with Crippen LogP contribution in [0.1, 0.15) is 23.5 Å². The first-order valence-corrected chi connectivity index (χ1v) is 6.46. The van der Waals surface area contributed by atoms with E-state index < -0.39 is 0 Å². The van der Waals surface area contributed by atoms with Crippen molar-refractivity contribution in [3.05, 3.63) is 59.4 Å². The van der Waals surface area contributed by atoms with Crippen molar-refractivity contribution in [1.29, 1.82) is 0 Å². The van der Waals surface area contributed by atoms with Gasteiger partial charge in [-0.25, -0.2) is 4.39 Å². The molecule has 1 heterocycles. The van der Waals surface area contributed by atoms with E-state index in [2.05, 4.69) is 17.4 Å². The fourth-order valence-corrected chi connectivity index (χ4v) is 2.71. The van der Waals surface area contributed by atoms with Crippen LogP contribution in [0.25, 0.3) is 0 Å². The first kappa shape index (κ1) is 12.0. The molecule has 0 aromatic heterocycles. The number of nitrogens with one attached hydrogen (secondary N) is 1. The Balaban J connectivity index is 2.02. The third-order valence-electron chi connectivity index (χ3n) is 3.66. The second-order valence-electron chi connectivity index (χ2n) is 4.75. The number of ether oxygens (including phenoxy) is 1. The third-order valence-corrected chi connectivity index (χ3v) is 3.66. The van der Waals surface area contributed by atoms with Crippen molar-refractivity contribution >= 4 is 5.69 Å². The second-order valence-corrected chi connectivity index (χ2v) is 4.75. The molecular formula is C16H16FNO. The van der Waals surface area contributed by atoms with E-state index in [0.717, 1.165) is 24.2 Å². The molecule has 0 spiro atoms. The summed E-state index contributed by atoms with van der Waals surface area (Å²) in [5, 5.41) is 3.38. The Labute approximate surface area is 112 Å². The molecule has 0 saturated carbocycles. The summed E-state index contributed by atoms with van der Waals surface area (Å²) in [5.41, 5.74) is 3.39. The molecule has 19 heavy (non-hydrogen) atoms. The molecule has 2 nitrogen and oxygen atoms in total. The average molecular weight is 257 g/mol. The maximum absolute atomic E-state index is 13.8. The van der Waals surface area contributed by atoms with Crippen molar-refractivity contribution in [2.24, 2.45) is 0 Å². The predicted octanol–water partition coefficient (Wildman–Crippen LogP) is 3.78. The quantitative estimate of drug-likeness (QED) is 0.884. The normalized spacial score (nSPS) is 17.5. The highest BCUT2D eigenvalue weighted by Gasteiger charge is 2.22. The minimum atomic E-state index is -0.295. The second kappa shape index (κ2) is 4.92. The summed E-state index contributed by atoms with van der Waals surface area (Å²) < 4.78 is 18.8. The number of benzene rings is 2. The van der Waals surface area contributed by atoms with Gasteiger partial charge in [0, 0.05) is 18.2 Å². The summed E-state index contributed by atoms with van der Waals surface area (Å²) in [6, 6.07) is 13.5. The molecule has 2 aromatic carbocycles. The SMILES string of the molecule is COc1ccc(C2CCNc3ccccc32)cc1F. The molecule has 1 aliphatic heterocycles. The third kappa shape index (κ3) is 2.16. The van der Waals surface area contributed by atoms with Gasteiger partial charge in [0.25, 0.3) is 0 Å². The van der Waals surface area contributed by atoms with E-state index >= 15 is 0 Å². The zero-order valence-corrected chi connectivity index (χ0v) is 10.8. The molecule has 1 aliphatic rings. The first-order chi connectivity index (χ1) is 9.29. The summed E-state index contributed by atoms with van der Waals surface area (Å²) in [6.45, 7) is 0.912. The van der Waals surface area contributed by atoms with E-state index in [0.29, 0.717) is 5.75 Å². The van der Waals surface area contributed by atoms with Gasteiger partial charge in [-0.1, -0.05) is 24.3 Å². The molecule has 0 amide bonds. The molecule has 0 saturated heterocycles. The fourth-order valence-electron chi connectivity index (χ4n) is 2.71. The summed E-state index contributed by atoms with van der Waals surface area (Å²) >= 11 is 0. The summed E-state index contributed by atoms with van der Waals surface area (Å²) in [7, 11) is 1.48. The number of fused-ring (bicyclic) bond motifs is 1. The van der Waals surface area contributed by atoms with Crippen molar-refractivity contribution in [2.75, 3.05) is 19.0 Å². The van der Waals surface area contributed by atoms with Crippen LogP contribution in [0.5, 0.6) is 5.75 Å². The number of methoxy groups -OCH3 is 1. The van der Waals surface area contributed by atoms with Crippen LogP contribution in [0.15, 0.2) is 42.5 Å². The van der Waals surface area contributed by atoms with Crippen molar-refractivity contribution in [2.45, 2.75) is 12.3 Å². The van der Waals surface area contributed by atoms with E-state index in [1.165, 1.54) is 12.7 Å². The highest BCUT2D eigenvalue weighted by molar-refractivity contribution is 5.57. The van der Waals surface area contributed by atoms with Crippen molar-refractivity contribution < 1.29 is 9.13 Å². The number of hydrogen-bond donors (Lipinski definition) is 1. The minimum Gasteiger partial charge on any atom is -0.494 e. The first-order valence-electron chi connectivity index (χ1n) is 6.46. The molecule has 0 radical (unpaired) electrons. The lowest BCUT2D eigenvalue weighted by Crippen LogP contribution is -2.17. The van der Waals surface area contributed by atoms with E-state index in [9.17, 15) is 4.39 Å².